The standard InChI is InChI=1S/C24H35NO4/c1-8-16(3)23(27)17(4)12-15(2)10-9-11-24(6)21(29-24)13-19-18(5)20(26)14-22(25-19)28-7/h8-10,12,14,17,21,23,27H,11,13H2,1-7H3,(H,25,26)/t17-,21-,23+,24-/m1/s1. The number of methoxy groups -OCH3 is 1. The molecule has 0 saturated carbocycles. The molecule has 0 amide bonds. The second kappa shape index (κ2) is 9.59. The number of epoxide rings is 1. The van der Waals surface area contributed by atoms with Crippen molar-refractivity contribution >= 4 is 0 Å². The minimum Gasteiger partial charge on any atom is -0.482 e. The molecular weight excluding hydrogens is 366 g/mol. The third-order valence-corrected chi connectivity index (χ3v) is 5.85. The van der Waals surface area contributed by atoms with Gasteiger partial charge in [-0.05, 0) is 46.6 Å². The van der Waals surface area contributed by atoms with Gasteiger partial charge >= 0.3 is 0 Å². The smallest absolute Gasteiger partial charge is 0.194 e. The quantitative estimate of drug-likeness (QED) is 0.369. The molecular formula is C24H35NO4. The Morgan fingerprint density at radius 1 is 1.45 bits per heavy atom. The van der Waals surface area contributed by atoms with E-state index >= 15 is 0 Å². The Labute approximate surface area is 174 Å². The van der Waals surface area contributed by atoms with E-state index in [1.165, 1.54) is 6.07 Å². The summed E-state index contributed by atoms with van der Waals surface area (Å²) in [5, 5.41) is 10.3. The number of allylic oxidation sites excluding steroid dienone is 3. The first-order valence-electron chi connectivity index (χ1n) is 10.2. The number of pyridine rings is 1. The summed E-state index contributed by atoms with van der Waals surface area (Å²) in [5.41, 5.74) is 3.43. The molecule has 0 aromatic carbocycles. The number of aliphatic hydroxyl groups excluding tert-OH is 1. The highest BCUT2D eigenvalue weighted by atomic mass is 16.6. The fourth-order valence-electron chi connectivity index (χ4n) is 3.51. The molecule has 1 aliphatic heterocycles. The number of hydrogen-bond donors (Lipinski definition) is 2. The van der Waals surface area contributed by atoms with Crippen molar-refractivity contribution < 1.29 is 14.6 Å². The van der Waals surface area contributed by atoms with Gasteiger partial charge in [0.2, 0.25) is 0 Å². The number of hydrogen-bond acceptors (Lipinski definition) is 4. The molecule has 0 aliphatic carbocycles. The van der Waals surface area contributed by atoms with E-state index in [0.717, 1.165) is 23.3 Å². The molecule has 2 rings (SSSR count). The Morgan fingerprint density at radius 2 is 2.14 bits per heavy atom. The largest absolute Gasteiger partial charge is 0.482 e. The third-order valence-electron chi connectivity index (χ3n) is 5.85. The Balaban J connectivity index is 1.95. The van der Waals surface area contributed by atoms with E-state index < -0.39 is 6.10 Å². The van der Waals surface area contributed by atoms with Gasteiger partial charge in [0.15, 0.2) is 11.3 Å². The maximum absolute atomic E-state index is 12.0. The predicted octanol–water partition coefficient (Wildman–Crippen LogP) is 4.25. The monoisotopic (exact) mass is 401 g/mol. The maximum atomic E-state index is 12.0. The van der Waals surface area contributed by atoms with Gasteiger partial charge in [0.05, 0.1) is 24.9 Å². The van der Waals surface area contributed by atoms with Crippen molar-refractivity contribution in [2.24, 2.45) is 5.92 Å². The van der Waals surface area contributed by atoms with Gasteiger partial charge in [-0.25, -0.2) is 0 Å². The van der Waals surface area contributed by atoms with Crippen LogP contribution in [-0.2, 0) is 11.2 Å². The first kappa shape index (κ1) is 23.2. The van der Waals surface area contributed by atoms with Crippen LogP contribution >= 0.6 is 0 Å². The van der Waals surface area contributed by atoms with E-state index in [1.54, 1.807) is 7.11 Å². The van der Waals surface area contributed by atoms with E-state index in [9.17, 15) is 9.90 Å². The molecule has 1 saturated heterocycles. The average molecular weight is 402 g/mol. The van der Waals surface area contributed by atoms with Crippen LogP contribution in [0.3, 0.4) is 0 Å². The zero-order valence-electron chi connectivity index (χ0n) is 18.7. The molecule has 1 fully saturated rings. The topological polar surface area (TPSA) is 74.8 Å². The Morgan fingerprint density at radius 3 is 2.76 bits per heavy atom. The summed E-state index contributed by atoms with van der Waals surface area (Å²) in [6.45, 7) is 11.9. The van der Waals surface area contributed by atoms with E-state index in [2.05, 4.69) is 30.1 Å². The first-order valence-corrected chi connectivity index (χ1v) is 10.2. The van der Waals surface area contributed by atoms with Gasteiger partial charge in [0.25, 0.3) is 0 Å². The highest BCUT2D eigenvalue weighted by Crippen LogP contribution is 2.41. The fourth-order valence-corrected chi connectivity index (χ4v) is 3.51. The molecule has 1 aromatic rings. The number of rotatable bonds is 9. The second-order valence-corrected chi connectivity index (χ2v) is 8.28. The van der Waals surface area contributed by atoms with Crippen LogP contribution in [0.1, 0.15) is 52.3 Å². The third kappa shape index (κ3) is 5.94. The van der Waals surface area contributed by atoms with Crippen molar-refractivity contribution in [3.8, 4) is 5.88 Å². The van der Waals surface area contributed by atoms with E-state index in [0.29, 0.717) is 17.9 Å². The second-order valence-electron chi connectivity index (χ2n) is 8.28. The number of aliphatic hydroxyl groups is 1. The predicted molar refractivity (Wildman–Crippen MR) is 117 cm³/mol. The van der Waals surface area contributed by atoms with Gasteiger partial charge in [-0.2, -0.15) is 0 Å². The molecule has 0 bridgehead atoms. The molecule has 0 spiro atoms. The minimum absolute atomic E-state index is 0.0249. The summed E-state index contributed by atoms with van der Waals surface area (Å²) in [4.78, 5) is 15.2. The molecule has 29 heavy (non-hydrogen) atoms. The summed E-state index contributed by atoms with van der Waals surface area (Å²) >= 11 is 0. The summed E-state index contributed by atoms with van der Waals surface area (Å²) < 4.78 is 11.1. The Kier molecular flexibility index (Phi) is 7.66. The lowest BCUT2D eigenvalue weighted by Gasteiger charge is -2.16. The number of nitrogens with one attached hydrogen (secondary N) is 1. The van der Waals surface area contributed by atoms with E-state index in [4.69, 9.17) is 9.47 Å². The summed E-state index contributed by atoms with van der Waals surface area (Å²) in [6.07, 6.45) is 9.30. The zero-order valence-corrected chi connectivity index (χ0v) is 18.7. The van der Waals surface area contributed by atoms with Gasteiger partial charge in [-0.1, -0.05) is 36.8 Å². The molecule has 1 aliphatic rings. The normalized spacial score (nSPS) is 24.6. The van der Waals surface area contributed by atoms with Crippen molar-refractivity contribution in [3.63, 3.8) is 0 Å². The summed E-state index contributed by atoms with van der Waals surface area (Å²) in [7, 11) is 1.54. The molecule has 2 heterocycles. The molecule has 2 N–H and O–H groups in total. The van der Waals surface area contributed by atoms with Crippen LogP contribution < -0.4 is 10.2 Å². The highest BCUT2D eigenvalue weighted by Gasteiger charge is 2.51. The van der Waals surface area contributed by atoms with Crippen LogP contribution in [-0.4, -0.2) is 35.0 Å². The Bertz CT molecular complexity index is 864. The maximum Gasteiger partial charge on any atom is 0.194 e. The van der Waals surface area contributed by atoms with Crippen molar-refractivity contribution in [3.05, 3.63) is 63.0 Å². The molecule has 0 unspecified atom stereocenters. The average Bonchev–Trinajstić information content (AvgIpc) is 3.32. The van der Waals surface area contributed by atoms with Crippen molar-refractivity contribution in [2.45, 2.75) is 72.2 Å². The molecule has 0 radical (unpaired) electrons. The number of aromatic amines is 1. The molecule has 4 atom stereocenters. The highest BCUT2D eigenvalue weighted by molar-refractivity contribution is 5.27. The lowest BCUT2D eigenvalue weighted by atomic mass is 9.95. The van der Waals surface area contributed by atoms with E-state index in [1.807, 2.05) is 40.7 Å². The SMILES string of the molecule is CC=C(C)[C@H](O)[C@H](C)C=C(C)C=CC[C@@]1(C)O[C@@H]1Cc1[nH]c(OC)cc(=O)c1C. The zero-order chi connectivity index (χ0) is 21.8. The lowest BCUT2D eigenvalue weighted by molar-refractivity contribution is 0.173. The van der Waals surface area contributed by atoms with Gasteiger partial charge in [0.1, 0.15) is 0 Å². The lowest BCUT2D eigenvalue weighted by Crippen LogP contribution is -2.17. The van der Waals surface area contributed by atoms with Crippen LogP contribution in [0.4, 0.5) is 0 Å². The van der Waals surface area contributed by atoms with Gasteiger partial charge < -0.3 is 19.6 Å². The van der Waals surface area contributed by atoms with E-state index in [-0.39, 0.29) is 23.1 Å². The minimum atomic E-state index is -0.453. The van der Waals surface area contributed by atoms with Crippen LogP contribution in [0, 0.1) is 12.8 Å². The van der Waals surface area contributed by atoms with Crippen LogP contribution in [0.2, 0.25) is 0 Å². The van der Waals surface area contributed by atoms with Crippen LogP contribution in [0.5, 0.6) is 5.88 Å². The molecule has 160 valence electrons. The van der Waals surface area contributed by atoms with Crippen LogP contribution in [0.15, 0.2) is 46.3 Å². The number of H-pyrrole nitrogens is 1. The van der Waals surface area contributed by atoms with Gasteiger partial charge in [-0.3, -0.25) is 4.79 Å². The van der Waals surface area contributed by atoms with Gasteiger partial charge in [-0.15, -0.1) is 0 Å². The number of ether oxygens (including phenoxy) is 2. The molecule has 5 heteroatoms. The molecule has 5 nitrogen and oxygen atoms in total. The van der Waals surface area contributed by atoms with Crippen LogP contribution in [0.25, 0.3) is 0 Å². The van der Waals surface area contributed by atoms with Crippen molar-refractivity contribution in [2.75, 3.05) is 7.11 Å². The first-order chi connectivity index (χ1) is 13.6. The molecule has 1 aromatic heterocycles. The fraction of sp³-hybridized carbons (Fsp3) is 0.542. The van der Waals surface area contributed by atoms with Crippen molar-refractivity contribution in [1.29, 1.82) is 0 Å². The number of aromatic nitrogens is 1. The summed E-state index contributed by atoms with van der Waals surface area (Å²) in [5.74, 6) is 0.535. The Hall–Kier alpha value is -2.11. The van der Waals surface area contributed by atoms with Crippen molar-refractivity contribution in [1.82, 2.24) is 4.98 Å². The van der Waals surface area contributed by atoms with Gasteiger partial charge in [0, 0.05) is 29.7 Å². The summed E-state index contributed by atoms with van der Waals surface area (Å²) in [6, 6.07) is 1.47.